The average molecular weight is 247 g/mol. The molecule has 5 heteroatoms. The maximum atomic E-state index is 13.1. The first kappa shape index (κ1) is 12.4. The van der Waals surface area contributed by atoms with Crippen LogP contribution in [0.15, 0.2) is 30.6 Å². The maximum Gasteiger partial charge on any atom is 0.165 e. The Balaban J connectivity index is 1.92. The van der Waals surface area contributed by atoms with Gasteiger partial charge in [0.15, 0.2) is 11.6 Å². The number of hydrogen-bond donors (Lipinski definition) is 2. The van der Waals surface area contributed by atoms with Crippen LogP contribution in [0.4, 0.5) is 4.39 Å². The van der Waals surface area contributed by atoms with Crippen LogP contribution in [0.2, 0.25) is 0 Å². The molecule has 0 aliphatic heterocycles. The SMILES string of the molecule is Cc1cnc(CNCc2cccc(F)c2O)cn1. The van der Waals surface area contributed by atoms with Crippen molar-refractivity contribution in [3.05, 3.63) is 53.4 Å². The zero-order valence-corrected chi connectivity index (χ0v) is 10.0. The second-order valence-electron chi connectivity index (χ2n) is 4.00. The molecule has 0 aliphatic rings. The zero-order chi connectivity index (χ0) is 13.0. The quantitative estimate of drug-likeness (QED) is 0.866. The van der Waals surface area contributed by atoms with Crippen LogP contribution >= 0.6 is 0 Å². The van der Waals surface area contributed by atoms with Crippen molar-refractivity contribution in [1.29, 1.82) is 0 Å². The van der Waals surface area contributed by atoms with Crippen LogP contribution in [0.3, 0.4) is 0 Å². The minimum absolute atomic E-state index is 0.306. The highest BCUT2D eigenvalue weighted by atomic mass is 19.1. The smallest absolute Gasteiger partial charge is 0.165 e. The number of nitrogens with one attached hydrogen (secondary N) is 1. The lowest BCUT2D eigenvalue weighted by Crippen LogP contribution is -2.14. The molecule has 0 fully saturated rings. The number of hydrogen-bond acceptors (Lipinski definition) is 4. The molecule has 4 nitrogen and oxygen atoms in total. The summed E-state index contributed by atoms with van der Waals surface area (Å²) in [5.74, 6) is -0.913. The molecular formula is C13H14FN3O. The third-order valence-electron chi connectivity index (χ3n) is 2.53. The Morgan fingerprint density at radius 2 is 2.06 bits per heavy atom. The molecule has 1 aromatic heterocycles. The highest BCUT2D eigenvalue weighted by molar-refractivity contribution is 5.33. The van der Waals surface area contributed by atoms with Crippen molar-refractivity contribution >= 4 is 0 Å². The number of nitrogens with zero attached hydrogens (tertiary/aromatic N) is 2. The number of phenolic OH excluding ortho intramolecular Hbond substituents is 1. The van der Waals surface area contributed by atoms with Crippen molar-refractivity contribution < 1.29 is 9.50 Å². The summed E-state index contributed by atoms with van der Waals surface area (Å²) in [6.07, 6.45) is 3.38. The van der Waals surface area contributed by atoms with Gasteiger partial charge in [-0.2, -0.15) is 0 Å². The number of halogens is 1. The van der Waals surface area contributed by atoms with E-state index in [1.807, 2.05) is 6.92 Å². The van der Waals surface area contributed by atoms with Gasteiger partial charge in [-0.15, -0.1) is 0 Å². The molecule has 0 atom stereocenters. The number of rotatable bonds is 4. The first-order chi connectivity index (χ1) is 8.66. The molecule has 0 radical (unpaired) electrons. The molecule has 0 amide bonds. The van der Waals surface area contributed by atoms with Gasteiger partial charge in [-0.05, 0) is 13.0 Å². The van der Waals surface area contributed by atoms with Crippen molar-refractivity contribution in [2.45, 2.75) is 20.0 Å². The van der Waals surface area contributed by atoms with Crippen molar-refractivity contribution in [3.8, 4) is 5.75 Å². The van der Waals surface area contributed by atoms with Crippen LogP contribution in [0.5, 0.6) is 5.75 Å². The molecule has 18 heavy (non-hydrogen) atoms. The largest absolute Gasteiger partial charge is 0.505 e. The topological polar surface area (TPSA) is 58.0 Å². The highest BCUT2D eigenvalue weighted by Crippen LogP contribution is 2.20. The van der Waals surface area contributed by atoms with Gasteiger partial charge in [0.05, 0.1) is 11.4 Å². The lowest BCUT2D eigenvalue weighted by molar-refractivity contribution is 0.423. The van der Waals surface area contributed by atoms with Crippen molar-refractivity contribution in [2.24, 2.45) is 0 Å². The van der Waals surface area contributed by atoms with E-state index in [-0.39, 0.29) is 5.75 Å². The maximum absolute atomic E-state index is 13.1. The monoisotopic (exact) mass is 247 g/mol. The first-order valence-electron chi connectivity index (χ1n) is 5.61. The van der Waals surface area contributed by atoms with Crippen LogP contribution in [-0.4, -0.2) is 15.1 Å². The van der Waals surface area contributed by atoms with E-state index < -0.39 is 5.82 Å². The molecule has 2 aromatic rings. The fraction of sp³-hybridized carbons (Fsp3) is 0.231. The molecule has 0 unspecified atom stereocenters. The predicted molar refractivity (Wildman–Crippen MR) is 65.4 cm³/mol. The number of para-hydroxylation sites is 1. The fourth-order valence-electron chi connectivity index (χ4n) is 1.54. The number of aryl methyl sites for hydroxylation is 1. The summed E-state index contributed by atoms with van der Waals surface area (Å²) < 4.78 is 13.1. The van der Waals surface area contributed by atoms with Gasteiger partial charge in [-0.25, -0.2) is 4.39 Å². The Bertz CT molecular complexity index is 528. The highest BCUT2D eigenvalue weighted by Gasteiger charge is 2.05. The molecule has 94 valence electrons. The molecule has 2 rings (SSSR count). The molecule has 0 spiro atoms. The van der Waals surface area contributed by atoms with Gasteiger partial charge in [-0.1, -0.05) is 12.1 Å². The summed E-state index contributed by atoms with van der Waals surface area (Å²) in [6.45, 7) is 2.76. The second-order valence-corrected chi connectivity index (χ2v) is 4.00. The molecule has 1 heterocycles. The third-order valence-corrected chi connectivity index (χ3v) is 2.53. The van der Waals surface area contributed by atoms with Gasteiger partial charge in [0.2, 0.25) is 0 Å². The average Bonchev–Trinajstić information content (AvgIpc) is 2.37. The Morgan fingerprint density at radius 1 is 1.22 bits per heavy atom. The van der Waals surface area contributed by atoms with Gasteiger partial charge in [-0.3, -0.25) is 9.97 Å². The molecule has 0 aliphatic carbocycles. The number of aromatic nitrogens is 2. The summed E-state index contributed by atoms with van der Waals surface area (Å²) in [6, 6.07) is 4.47. The molecule has 1 aromatic carbocycles. The molecule has 0 bridgehead atoms. The van der Waals surface area contributed by atoms with Gasteiger partial charge < -0.3 is 10.4 Å². The Hall–Kier alpha value is -2.01. The van der Waals surface area contributed by atoms with Gasteiger partial charge in [0.1, 0.15) is 0 Å². The molecule has 0 saturated carbocycles. The predicted octanol–water partition coefficient (Wildman–Crippen LogP) is 1.92. The van der Waals surface area contributed by atoms with E-state index in [9.17, 15) is 9.50 Å². The number of phenols is 1. The number of aromatic hydroxyl groups is 1. The van der Waals surface area contributed by atoms with Crippen LogP contribution in [0, 0.1) is 12.7 Å². The van der Waals surface area contributed by atoms with Gasteiger partial charge in [0, 0.05) is 31.0 Å². The van der Waals surface area contributed by atoms with Crippen molar-refractivity contribution in [1.82, 2.24) is 15.3 Å². The molecule has 2 N–H and O–H groups in total. The lowest BCUT2D eigenvalue weighted by atomic mass is 10.2. The zero-order valence-electron chi connectivity index (χ0n) is 10.0. The Morgan fingerprint density at radius 3 is 2.78 bits per heavy atom. The van der Waals surface area contributed by atoms with Gasteiger partial charge >= 0.3 is 0 Å². The van der Waals surface area contributed by atoms with Crippen LogP contribution in [-0.2, 0) is 13.1 Å². The van der Waals surface area contributed by atoms with Crippen LogP contribution in [0.1, 0.15) is 17.0 Å². The van der Waals surface area contributed by atoms with Crippen molar-refractivity contribution in [2.75, 3.05) is 0 Å². The third kappa shape index (κ3) is 3.01. The number of benzene rings is 1. The molecular weight excluding hydrogens is 233 g/mol. The Kier molecular flexibility index (Phi) is 3.84. The normalized spacial score (nSPS) is 10.6. The van der Waals surface area contributed by atoms with Crippen LogP contribution < -0.4 is 5.32 Å². The van der Waals surface area contributed by atoms with Gasteiger partial charge in [0.25, 0.3) is 0 Å². The minimum Gasteiger partial charge on any atom is -0.505 e. The minimum atomic E-state index is -0.607. The fourth-order valence-corrected chi connectivity index (χ4v) is 1.54. The van der Waals surface area contributed by atoms with E-state index in [2.05, 4.69) is 15.3 Å². The summed E-state index contributed by atoms with van der Waals surface area (Å²) in [5, 5.41) is 12.6. The van der Waals surface area contributed by atoms with E-state index in [4.69, 9.17) is 0 Å². The van der Waals surface area contributed by atoms with E-state index in [0.29, 0.717) is 18.7 Å². The summed E-state index contributed by atoms with van der Waals surface area (Å²) in [4.78, 5) is 8.31. The molecule has 0 saturated heterocycles. The van der Waals surface area contributed by atoms with E-state index in [1.54, 1.807) is 24.5 Å². The van der Waals surface area contributed by atoms with Crippen molar-refractivity contribution in [3.63, 3.8) is 0 Å². The van der Waals surface area contributed by atoms with Crippen LogP contribution in [0.25, 0.3) is 0 Å². The summed E-state index contributed by atoms with van der Waals surface area (Å²) in [5.41, 5.74) is 2.19. The summed E-state index contributed by atoms with van der Waals surface area (Å²) in [7, 11) is 0. The standard InChI is InChI=1S/C13H14FN3O/c1-9-5-17-11(8-16-9)7-15-6-10-3-2-4-12(14)13(10)18/h2-5,8,15,18H,6-7H2,1H3. The summed E-state index contributed by atoms with van der Waals surface area (Å²) >= 11 is 0. The first-order valence-corrected chi connectivity index (χ1v) is 5.61. The van der Waals surface area contributed by atoms with E-state index in [0.717, 1.165) is 11.4 Å². The van der Waals surface area contributed by atoms with E-state index in [1.165, 1.54) is 6.07 Å². The van der Waals surface area contributed by atoms with E-state index >= 15 is 0 Å². The Labute approximate surface area is 105 Å². The lowest BCUT2D eigenvalue weighted by Gasteiger charge is -2.07. The second kappa shape index (κ2) is 5.55.